The van der Waals surface area contributed by atoms with Crippen LogP contribution in [0.5, 0.6) is 0 Å². The molecule has 1 N–H and O–H groups in total. The number of aryl methyl sites for hydroxylation is 1. The van der Waals surface area contributed by atoms with Gasteiger partial charge in [-0.05, 0) is 54.2 Å². The third kappa shape index (κ3) is 3.89. The molecule has 0 fully saturated rings. The number of nitrogens with one attached hydrogen (secondary N) is 1. The lowest BCUT2D eigenvalue weighted by molar-refractivity contribution is 0.601. The molecule has 0 radical (unpaired) electrons. The van der Waals surface area contributed by atoms with Gasteiger partial charge in [0.15, 0.2) is 0 Å². The second-order valence-corrected chi connectivity index (χ2v) is 7.22. The van der Waals surface area contributed by atoms with E-state index in [0.717, 1.165) is 24.0 Å². The Bertz CT molecular complexity index is 721. The Morgan fingerprint density at radius 1 is 1.05 bits per heavy atom. The van der Waals surface area contributed by atoms with E-state index in [2.05, 4.69) is 18.6 Å². The van der Waals surface area contributed by atoms with Crippen molar-refractivity contribution in [1.29, 1.82) is 0 Å². The molecule has 118 valence electrons. The first kappa shape index (κ1) is 16.6. The topological polar surface area (TPSA) is 46.2 Å². The molecule has 0 aliphatic rings. The van der Waals surface area contributed by atoms with E-state index in [0.29, 0.717) is 16.5 Å². The van der Waals surface area contributed by atoms with Crippen molar-refractivity contribution < 1.29 is 8.42 Å². The normalized spacial score (nSPS) is 12.9. The molecular weight excluding hydrogens is 294 g/mol. The second-order valence-electron chi connectivity index (χ2n) is 5.54. The van der Waals surface area contributed by atoms with Crippen molar-refractivity contribution in [2.75, 3.05) is 4.72 Å². The molecule has 0 bridgehead atoms. The van der Waals surface area contributed by atoms with Crippen molar-refractivity contribution in [2.24, 2.45) is 0 Å². The molecule has 1 atom stereocenters. The van der Waals surface area contributed by atoms with Gasteiger partial charge in [-0.15, -0.1) is 0 Å². The Balaban J connectivity index is 2.22. The predicted molar refractivity (Wildman–Crippen MR) is 91.8 cm³/mol. The summed E-state index contributed by atoms with van der Waals surface area (Å²) in [7, 11) is -3.54. The molecule has 0 saturated heterocycles. The van der Waals surface area contributed by atoms with Gasteiger partial charge >= 0.3 is 0 Å². The van der Waals surface area contributed by atoms with Crippen LogP contribution >= 0.6 is 0 Å². The molecule has 0 spiro atoms. The van der Waals surface area contributed by atoms with E-state index < -0.39 is 10.0 Å². The van der Waals surface area contributed by atoms with Crippen LogP contribution in [-0.4, -0.2) is 8.42 Å². The van der Waals surface area contributed by atoms with Gasteiger partial charge in [0.05, 0.1) is 4.90 Å². The predicted octanol–water partition coefficient (Wildman–Crippen LogP) is 4.56. The number of hydrogen-bond acceptors (Lipinski definition) is 2. The van der Waals surface area contributed by atoms with Gasteiger partial charge in [0, 0.05) is 5.69 Å². The zero-order valence-electron chi connectivity index (χ0n) is 13.3. The van der Waals surface area contributed by atoms with Crippen molar-refractivity contribution in [3.05, 3.63) is 59.7 Å². The largest absolute Gasteiger partial charge is 0.280 e. The molecule has 3 nitrogen and oxygen atoms in total. The quantitative estimate of drug-likeness (QED) is 0.848. The van der Waals surface area contributed by atoms with Gasteiger partial charge in [-0.25, -0.2) is 8.42 Å². The fraction of sp³-hybridized carbons (Fsp3) is 0.333. The van der Waals surface area contributed by atoms with E-state index in [1.165, 1.54) is 0 Å². The van der Waals surface area contributed by atoms with Crippen molar-refractivity contribution >= 4 is 15.7 Å². The molecule has 0 saturated carbocycles. The lowest BCUT2D eigenvalue weighted by atomic mass is 9.99. The van der Waals surface area contributed by atoms with Crippen LogP contribution in [0.4, 0.5) is 5.69 Å². The standard InChI is InChI=1S/C18H23NO2S/c1-4-14(3)16-9-11-18(12-10-16)22(20,21)19-17-8-6-7-15(5-2)13-17/h6-14,19H,4-5H2,1-3H3. The molecule has 0 aromatic heterocycles. The Labute approximate surface area is 133 Å². The highest BCUT2D eigenvalue weighted by Gasteiger charge is 2.14. The summed E-state index contributed by atoms with van der Waals surface area (Å²) in [5, 5.41) is 0. The van der Waals surface area contributed by atoms with Gasteiger partial charge in [0.25, 0.3) is 10.0 Å². The van der Waals surface area contributed by atoms with Gasteiger partial charge < -0.3 is 0 Å². The molecule has 1 unspecified atom stereocenters. The van der Waals surface area contributed by atoms with E-state index in [1.807, 2.05) is 37.3 Å². The highest BCUT2D eigenvalue weighted by atomic mass is 32.2. The molecule has 2 rings (SSSR count). The molecule has 0 aliphatic carbocycles. The van der Waals surface area contributed by atoms with E-state index in [-0.39, 0.29) is 0 Å². The van der Waals surface area contributed by atoms with E-state index in [1.54, 1.807) is 18.2 Å². The summed E-state index contributed by atoms with van der Waals surface area (Å²) in [6, 6.07) is 14.6. The minimum atomic E-state index is -3.54. The summed E-state index contributed by atoms with van der Waals surface area (Å²) >= 11 is 0. The molecule has 2 aromatic carbocycles. The Kier molecular flexibility index (Phi) is 5.24. The molecule has 22 heavy (non-hydrogen) atoms. The molecule has 0 heterocycles. The van der Waals surface area contributed by atoms with Crippen molar-refractivity contribution in [1.82, 2.24) is 0 Å². The summed E-state index contributed by atoms with van der Waals surface area (Å²) in [5.74, 6) is 0.436. The summed E-state index contributed by atoms with van der Waals surface area (Å²) in [5.41, 5.74) is 2.87. The number of sulfonamides is 1. The zero-order chi connectivity index (χ0) is 16.2. The molecule has 0 aliphatic heterocycles. The first-order chi connectivity index (χ1) is 10.5. The second kappa shape index (κ2) is 6.97. The van der Waals surface area contributed by atoms with Crippen LogP contribution in [0.2, 0.25) is 0 Å². The van der Waals surface area contributed by atoms with Gasteiger partial charge in [-0.1, -0.05) is 45.0 Å². The van der Waals surface area contributed by atoms with E-state index in [9.17, 15) is 8.42 Å². The number of rotatable bonds is 6. The first-order valence-electron chi connectivity index (χ1n) is 7.68. The smallest absolute Gasteiger partial charge is 0.261 e. The monoisotopic (exact) mass is 317 g/mol. The minimum Gasteiger partial charge on any atom is -0.280 e. The lowest BCUT2D eigenvalue weighted by Gasteiger charge is -2.12. The average Bonchev–Trinajstić information content (AvgIpc) is 2.54. The van der Waals surface area contributed by atoms with Crippen LogP contribution in [0, 0.1) is 0 Å². The Morgan fingerprint density at radius 2 is 1.73 bits per heavy atom. The van der Waals surface area contributed by atoms with Crippen LogP contribution in [-0.2, 0) is 16.4 Å². The zero-order valence-corrected chi connectivity index (χ0v) is 14.2. The summed E-state index contributed by atoms with van der Waals surface area (Å²) in [4.78, 5) is 0.293. The maximum Gasteiger partial charge on any atom is 0.261 e. The third-order valence-corrected chi connectivity index (χ3v) is 5.36. The number of hydrogen-bond donors (Lipinski definition) is 1. The summed E-state index contributed by atoms with van der Waals surface area (Å²) < 4.78 is 27.5. The van der Waals surface area contributed by atoms with Crippen molar-refractivity contribution in [3.63, 3.8) is 0 Å². The maximum absolute atomic E-state index is 12.4. The Morgan fingerprint density at radius 3 is 2.32 bits per heavy atom. The summed E-state index contributed by atoms with van der Waals surface area (Å²) in [6.07, 6.45) is 1.91. The highest BCUT2D eigenvalue weighted by molar-refractivity contribution is 7.92. The molecular formula is C18H23NO2S. The molecule has 2 aromatic rings. The van der Waals surface area contributed by atoms with Gasteiger partial charge in [0.2, 0.25) is 0 Å². The van der Waals surface area contributed by atoms with Gasteiger partial charge in [0.1, 0.15) is 0 Å². The van der Waals surface area contributed by atoms with E-state index >= 15 is 0 Å². The van der Waals surface area contributed by atoms with Crippen LogP contribution in [0.1, 0.15) is 44.2 Å². The third-order valence-electron chi connectivity index (χ3n) is 3.96. The number of anilines is 1. The highest BCUT2D eigenvalue weighted by Crippen LogP contribution is 2.22. The number of benzene rings is 2. The van der Waals surface area contributed by atoms with Gasteiger partial charge in [-0.2, -0.15) is 0 Å². The van der Waals surface area contributed by atoms with E-state index in [4.69, 9.17) is 0 Å². The van der Waals surface area contributed by atoms with Crippen LogP contribution in [0.25, 0.3) is 0 Å². The first-order valence-corrected chi connectivity index (χ1v) is 9.16. The van der Waals surface area contributed by atoms with Gasteiger partial charge in [-0.3, -0.25) is 4.72 Å². The molecule has 4 heteroatoms. The molecule has 0 amide bonds. The maximum atomic E-state index is 12.4. The average molecular weight is 317 g/mol. The fourth-order valence-corrected chi connectivity index (χ4v) is 3.33. The van der Waals surface area contributed by atoms with Crippen LogP contribution in [0.3, 0.4) is 0 Å². The van der Waals surface area contributed by atoms with Crippen LogP contribution in [0.15, 0.2) is 53.4 Å². The fourth-order valence-electron chi connectivity index (χ4n) is 2.28. The SMILES string of the molecule is CCc1cccc(NS(=O)(=O)c2ccc(C(C)CC)cc2)c1. The van der Waals surface area contributed by atoms with Crippen LogP contribution < -0.4 is 4.72 Å². The summed E-state index contributed by atoms with van der Waals surface area (Å²) in [6.45, 7) is 6.30. The van der Waals surface area contributed by atoms with Crippen molar-refractivity contribution in [3.8, 4) is 0 Å². The minimum absolute atomic E-state index is 0.293. The lowest BCUT2D eigenvalue weighted by Crippen LogP contribution is -2.13. The Hall–Kier alpha value is -1.81. The van der Waals surface area contributed by atoms with Crippen molar-refractivity contribution in [2.45, 2.75) is 44.4 Å².